The fraction of sp³-hybridized carbons (Fsp3) is 0.741. The van der Waals surface area contributed by atoms with Crippen LogP contribution in [0.25, 0.3) is 0 Å². The van der Waals surface area contributed by atoms with E-state index in [4.69, 9.17) is 0 Å². The third-order valence-electron chi connectivity index (χ3n) is 9.89. The zero-order valence-corrected chi connectivity index (χ0v) is 20.9. The topological polar surface area (TPSA) is 83.5 Å². The molecule has 0 saturated heterocycles. The van der Waals surface area contributed by atoms with Crippen LogP contribution in [0, 0.1) is 40.4 Å². The van der Waals surface area contributed by atoms with Crippen LogP contribution in [0.15, 0.2) is 23.3 Å². The van der Waals surface area contributed by atoms with Gasteiger partial charge in [0.25, 0.3) is 5.78 Å². The van der Waals surface area contributed by atoms with E-state index in [1.165, 1.54) is 13.8 Å². The minimum absolute atomic E-state index is 0.0919. The van der Waals surface area contributed by atoms with Gasteiger partial charge in [0.2, 0.25) is 5.91 Å². The molecule has 1 amide bonds. The lowest BCUT2D eigenvalue weighted by molar-refractivity contribution is -0.175. The number of carbonyl (C=O) groups is 3. The third kappa shape index (κ3) is 4.25. The monoisotopic (exact) mass is 495 g/mol. The average Bonchev–Trinajstić information content (AvgIpc) is 3.12. The quantitative estimate of drug-likeness (QED) is 0.531. The van der Waals surface area contributed by atoms with Gasteiger partial charge >= 0.3 is 12.1 Å². The number of nitrogens with one attached hydrogen (secondary N) is 1. The molecule has 0 radical (unpaired) electrons. The van der Waals surface area contributed by atoms with E-state index < -0.39 is 41.7 Å². The number of amides is 1. The smallest absolute Gasteiger partial charge is 0.452 e. The van der Waals surface area contributed by atoms with Gasteiger partial charge in [-0.1, -0.05) is 33.8 Å². The van der Waals surface area contributed by atoms with E-state index in [1.807, 2.05) is 6.08 Å². The van der Waals surface area contributed by atoms with Crippen LogP contribution >= 0.6 is 0 Å². The number of alkyl halides is 3. The maximum absolute atomic E-state index is 13.3. The second-order valence-electron chi connectivity index (χ2n) is 11.9. The largest absolute Gasteiger partial charge is 0.478 e. The van der Waals surface area contributed by atoms with E-state index in [1.54, 1.807) is 0 Å². The summed E-state index contributed by atoms with van der Waals surface area (Å²) >= 11 is 0. The number of carboxylic acids is 1. The molecule has 1 unspecified atom stereocenters. The Hall–Kier alpha value is -2.12. The average molecular weight is 496 g/mol. The summed E-state index contributed by atoms with van der Waals surface area (Å²) in [7, 11) is 0. The molecule has 2 N–H and O–H groups in total. The molecule has 0 aromatic heterocycles. The molecule has 8 heteroatoms. The summed E-state index contributed by atoms with van der Waals surface area (Å²) in [6.07, 6.45) is 4.36. The van der Waals surface area contributed by atoms with Crippen molar-refractivity contribution in [1.29, 1.82) is 0 Å². The lowest BCUT2D eigenvalue weighted by atomic mass is 9.48. The molecule has 4 rings (SSSR count). The van der Waals surface area contributed by atoms with Gasteiger partial charge in [-0.25, -0.2) is 4.79 Å². The summed E-state index contributed by atoms with van der Waals surface area (Å²) in [4.78, 5) is 36.8. The number of allylic oxidation sites excluding steroid dienone is 3. The van der Waals surface area contributed by atoms with Crippen LogP contribution < -0.4 is 5.32 Å². The van der Waals surface area contributed by atoms with E-state index in [9.17, 15) is 32.7 Å². The van der Waals surface area contributed by atoms with E-state index in [0.29, 0.717) is 30.3 Å². The first-order valence-corrected chi connectivity index (χ1v) is 12.8. The molecule has 4 aliphatic carbocycles. The highest BCUT2D eigenvalue weighted by Crippen LogP contribution is 2.66. The van der Waals surface area contributed by atoms with Crippen molar-refractivity contribution in [2.24, 2.45) is 40.4 Å². The van der Waals surface area contributed by atoms with Gasteiger partial charge in [0.1, 0.15) is 0 Å². The van der Waals surface area contributed by atoms with E-state index in [2.05, 4.69) is 25.2 Å². The van der Waals surface area contributed by atoms with Gasteiger partial charge in [-0.3, -0.25) is 9.59 Å². The Kier molecular flexibility index (Phi) is 6.50. The molecule has 0 spiro atoms. The Labute approximate surface area is 204 Å². The molecule has 35 heavy (non-hydrogen) atoms. The van der Waals surface area contributed by atoms with Crippen LogP contribution in [-0.2, 0) is 14.4 Å². The molecule has 2 saturated carbocycles. The summed E-state index contributed by atoms with van der Waals surface area (Å²) in [6, 6.07) is -1.57. The first kappa shape index (κ1) is 26.0. The van der Waals surface area contributed by atoms with Gasteiger partial charge in [0, 0.05) is 11.5 Å². The van der Waals surface area contributed by atoms with E-state index in [0.717, 1.165) is 37.7 Å². The van der Waals surface area contributed by atoms with Crippen LogP contribution in [0.5, 0.6) is 0 Å². The Bertz CT molecular complexity index is 983. The minimum atomic E-state index is -4.99. The Balaban J connectivity index is 1.55. The van der Waals surface area contributed by atoms with E-state index >= 15 is 0 Å². The standard InChI is InChI=1S/C27H36F3NO4/c1-14(2)21(22(32)27(28,29)30)31-23(33)20-8-7-18-17-6-5-16-13-15(24(34)35)9-11-25(16,3)19(17)10-12-26(18,20)4/h5,13-14,17-21H,6-12H2,1-4H3,(H,31,33)(H,34,35)/t17-,18-,19-,20+,21?,25-,26-/m0/s1. The van der Waals surface area contributed by atoms with Crippen molar-refractivity contribution in [2.75, 3.05) is 0 Å². The first-order valence-electron chi connectivity index (χ1n) is 12.8. The highest BCUT2D eigenvalue weighted by atomic mass is 19.4. The van der Waals surface area contributed by atoms with Crippen molar-refractivity contribution in [2.45, 2.75) is 84.9 Å². The van der Waals surface area contributed by atoms with Gasteiger partial charge in [-0.15, -0.1) is 0 Å². The molecule has 0 aromatic carbocycles. The molecule has 0 heterocycles. The minimum Gasteiger partial charge on any atom is -0.478 e. The number of aliphatic carboxylic acids is 1. The molecule has 4 aliphatic rings. The number of hydrogen-bond acceptors (Lipinski definition) is 3. The first-order chi connectivity index (χ1) is 16.2. The zero-order chi connectivity index (χ0) is 25.9. The zero-order valence-electron chi connectivity index (χ0n) is 20.9. The third-order valence-corrected chi connectivity index (χ3v) is 9.89. The van der Waals surface area contributed by atoms with Crippen LogP contribution in [-0.4, -0.2) is 35.0 Å². The number of carboxylic acid groups (broad SMARTS) is 1. The van der Waals surface area contributed by atoms with Gasteiger partial charge in [-0.2, -0.15) is 13.2 Å². The van der Waals surface area contributed by atoms with Gasteiger partial charge < -0.3 is 10.4 Å². The van der Waals surface area contributed by atoms with Crippen LogP contribution in [0.3, 0.4) is 0 Å². The van der Waals surface area contributed by atoms with Crippen molar-refractivity contribution in [3.05, 3.63) is 23.3 Å². The number of halogens is 3. The molecule has 0 aliphatic heterocycles. The lowest BCUT2D eigenvalue weighted by Gasteiger charge is -2.57. The molecular formula is C27H36F3NO4. The molecule has 5 nitrogen and oxygen atoms in total. The molecular weight excluding hydrogens is 459 g/mol. The summed E-state index contributed by atoms with van der Waals surface area (Å²) in [6.45, 7) is 7.37. The van der Waals surface area contributed by atoms with E-state index in [-0.39, 0.29) is 16.7 Å². The van der Waals surface area contributed by atoms with Crippen molar-refractivity contribution < 1.29 is 32.7 Å². The van der Waals surface area contributed by atoms with Crippen molar-refractivity contribution in [1.82, 2.24) is 5.32 Å². The highest BCUT2D eigenvalue weighted by Gasteiger charge is 2.60. The summed E-state index contributed by atoms with van der Waals surface area (Å²) in [5.74, 6) is -3.25. The number of fused-ring (bicyclic) bond motifs is 5. The van der Waals surface area contributed by atoms with Gasteiger partial charge in [-0.05, 0) is 91.1 Å². The van der Waals surface area contributed by atoms with Crippen LogP contribution in [0.4, 0.5) is 13.2 Å². The normalized spacial score (nSPS) is 37.4. The molecule has 194 valence electrons. The number of rotatable bonds is 5. The summed E-state index contributed by atoms with van der Waals surface area (Å²) < 4.78 is 39.3. The fourth-order valence-corrected chi connectivity index (χ4v) is 7.89. The summed E-state index contributed by atoms with van der Waals surface area (Å²) in [5.41, 5.74) is 1.15. The second-order valence-corrected chi connectivity index (χ2v) is 11.9. The van der Waals surface area contributed by atoms with Crippen LogP contribution in [0.2, 0.25) is 0 Å². The lowest BCUT2D eigenvalue weighted by Crippen LogP contribution is -2.54. The molecule has 0 aromatic rings. The Morgan fingerprint density at radius 3 is 2.37 bits per heavy atom. The maximum Gasteiger partial charge on any atom is 0.452 e. The number of hydrogen-bond donors (Lipinski definition) is 2. The number of ketones is 1. The highest BCUT2D eigenvalue weighted by molar-refractivity contribution is 5.93. The molecule has 2 fully saturated rings. The molecule has 7 atom stereocenters. The molecule has 0 bridgehead atoms. The number of carbonyl (C=O) groups excluding carboxylic acids is 2. The van der Waals surface area contributed by atoms with Gasteiger partial charge in [0.15, 0.2) is 0 Å². The van der Waals surface area contributed by atoms with Gasteiger partial charge in [0.05, 0.1) is 6.04 Å². The van der Waals surface area contributed by atoms with Crippen molar-refractivity contribution in [3.63, 3.8) is 0 Å². The fourth-order valence-electron chi connectivity index (χ4n) is 7.89. The summed E-state index contributed by atoms with van der Waals surface area (Å²) in [5, 5.41) is 11.9. The predicted molar refractivity (Wildman–Crippen MR) is 124 cm³/mol. The number of Topliss-reactive ketones (excluding diaryl/α,β-unsaturated/α-hetero) is 1. The SMILES string of the molecule is CC(C)C(NC(=O)[C@H]1CC[C@H]2[C@@H]3CC=C4C=C(C(=O)O)CC[C@]4(C)[C@H]3CC[C@]12C)C(=O)C(F)(F)F. The Morgan fingerprint density at radius 1 is 1.09 bits per heavy atom. The Morgan fingerprint density at radius 2 is 1.77 bits per heavy atom. The maximum atomic E-state index is 13.3. The predicted octanol–water partition coefficient (Wildman–Crippen LogP) is 5.46. The van der Waals surface area contributed by atoms with Crippen molar-refractivity contribution in [3.8, 4) is 0 Å². The van der Waals surface area contributed by atoms with Crippen molar-refractivity contribution >= 4 is 17.7 Å². The van der Waals surface area contributed by atoms with Crippen LogP contribution in [0.1, 0.15) is 72.6 Å². The second kappa shape index (κ2) is 8.77.